The first-order chi connectivity index (χ1) is 50.0. The average molecular weight is 1430 g/mol. The predicted octanol–water partition coefficient (Wildman–Crippen LogP) is 15.7. The van der Waals surface area contributed by atoms with E-state index in [4.69, 9.17) is 9.47 Å². The van der Waals surface area contributed by atoms with Crippen LogP contribution in [0.25, 0.3) is 0 Å². The fraction of sp³-hybridized carbons (Fsp3) is 0.469. The number of anilines is 5. The molecule has 4 N–H and O–H groups in total. The van der Waals surface area contributed by atoms with E-state index in [2.05, 4.69) is 121 Å². The molecule has 20 nitrogen and oxygen atoms in total. The van der Waals surface area contributed by atoms with Gasteiger partial charge in [0.15, 0.2) is 5.82 Å². The zero-order valence-electron chi connectivity index (χ0n) is 61.6. The van der Waals surface area contributed by atoms with Gasteiger partial charge in [0.2, 0.25) is 5.88 Å². The number of benzene rings is 6. The summed E-state index contributed by atoms with van der Waals surface area (Å²) in [6.07, 6.45) is 12.9. The Morgan fingerprint density at radius 1 is 0.505 bits per heavy atom. The molecule has 11 rings (SSSR count). The minimum absolute atomic E-state index is 0.0111. The number of carbonyl (C=O) groups excluding carboxylic acids is 3. The highest BCUT2D eigenvalue weighted by Crippen LogP contribution is 2.29. The van der Waals surface area contributed by atoms with Crippen LogP contribution < -0.4 is 30.3 Å². The third-order valence-corrected chi connectivity index (χ3v) is 21.6. The number of urea groups is 3. The van der Waals surface area contributed by atoms with Crippen molar-refractivity contribution in [2.75, 3.05) is 98.3 Å². The molecule has 7 aromatic rings. The number of nitrogens with one attached hydrogen (secondary N) is 4. The third-order valence-electron chi connectivity index (χ3n) is 20.3. The summed E-state index contributed by atoms with van der Waals surface area (Å²) in [5, 5.41) is 16.5. The Kier molecular flexibility index (Phi) is 30.8. The fourth-order valence-electron chi connectivity index (χ4n) is 14.3. The van der Waals surface area contributed by atoms with Crippen molar-refractivity contribution in [3.05, 3.63) is 198 Å². The van der Waals surface area contributed by atoms with Gasteiger partial charge >= 0.3 is 18.1 Å². The van der Waals surface area contributed by atoms with Crippen molar-refractivity contribution in [1.29, 1.82) is 0 Å². The second-order valence-electron chi connectivity index (χ2n) is 27.6. The summed E-state index contributed by atoms with van der Waals surface area (Å²) in [5.41, 5.74) is 6.04. The number of morpholine rings is 1. The van der Waals surface area contributed by atoms with Gasteiger partial charge in [0.25, 0.3) is 10.0 Å². The van der Waals surface area contributed by atoms with Crippen molar-refractivity contribution in [2.24, 2.45) is 0 Å². The van der Waals surface area contributed by atoms with Gasteiger partial charge in [-0.2, -0.15) is 0 Å². The standard InChI is InChI=1S/C29H38N6O4S.C28H40N4O2.C24H32FN3O/c1-4-8-22(2)34-19-17-25(18-20-34)35(21-23-9-6-5-7-10-23)29(36)30-24-11-13-26(14-12-24)40(37,38)33-27-15-16-28(39-3)32-31-27;1-3-8-23(2)30-15-13-26(14-16-30)32(22-24-9-5-4-6-10-24)28(33)29-25-11-7-12-27(21-25)31-17-19-34-20-18-31;1-3-9-19(2)27-16-14-21(15-17-27)28(18-20-10-5-4-6-11-20)24(29)26-23-13-8-7-12-22(23)25/h5-7,9-16,22,25H,4,8,17-21H2,1-3H3,(H,30,36)(H,31,33);4-7,9-12,21,23,26H,3,8,13-20,22H2,1-2H3,(H,29,33);4-8,10-13,19,21H,3,9,14-18H2,1-2H3,(H,26,29). The molecule has 1 aromatic heterocycles. The Balaban J connectivity index is 0.000000182. The van der Waals surface area contributed by atoms with E-state index in [1.165, 1.54) is 75.1 Å². The molecule has 4 fully saturated rings. The van der Waals surface area contributed by atoms with Gasteiger partial charge in [-0.3, -0.25) is 4.72 Å². The molecule has 4 aliphatic heterocycles. The van der Waals surface area contributed by atoms with E-state index in [9.17, 15) is 27.2 Å². The Labute approximate surface area is 611 Å². The number of nitrogens with zero attached hydrogens (tertiary/aromatic N) is 9. The summed E-state index contributed by atoms with van der Waals surface area (Å²) < 4.78 is 52.5. The summed E-state index contributed by atoms with van der Waals surface area (Å²) in [6, 6.07) is 55.7. The van der Waals surface area contributed by atoms with Crippen molar-refractivity contribution in [1.82, 2.24) is 39.6 Å². The Morgan fingerprint density at radius 3 is 1.33 bits per heavy atom. The number of amides is 6. The molecule has 103 heavy (non-hydrogen) atoms. The highest BCUT2D eigenvalue weighted by molar-refractivity contribution is 7.92. The first-order valence-corrected chi connectivity index (χ1v) is 38.7. The normalized spacial score (nSPS) is 16.6. The number of sulfonamides is 1. The lowest BCUT2D eigenvalue weighted by Gasteiger charge is -2.40. The van der Waals surface area contributed by atoms with Crippen molar-refractivity contribution in [2.45, 2.75) is 179 Å². The summed E-state index contributed by atoms with van der Waals surface area (Å²) in [5.74, 6) is -0.0606. The predicted molar refractivity (Wildman–Crippen MR) is 412 cm³/mol. The van der Waals surface area contributed by atoms with Crippen molar-refractivity contribution in [3.8, 4) is 5.88 Å². The lowest BCUT2D eigenvalue weighted by molar-refractivity contribution is 0.0987. The number of rotatable bonds is 26. The molecule has 3 atom stereocenters. The van der Waals surface area contributed by atoms with E-state index < -0.39 is 15.8 Å². The number of ether oxygens (including phenoxy) is 2. The molecule has 4 aliphatic rings. The van der Waals surface area contributed by atoms with Crippen molar-refractivity contribution >= 4 is 56.7 Å². The molecule has 0 bridgehead atoms. The molecule has 6 amide bonds. The minimum atomic E-state index is -3.89. The highest BCUT2D eigenvalue weighted by Gasteiger charge is 2.34. The third kappa shape index (κ3) is 23.9. The summed E-state index contributed by atoms with van der Waals surface area (Å²) in [6.45, 7) is 24.5. The van der Waals surface area contributed by atoms with Crippen LogP contribution in [0.15, 0.2) is 181 Å². The van der Waals surface area contributed by atoms with Gasteiger partial charge < -0.3 is 59.7 Å². The van der Waals surface area contributed by atoms with Crippen LogP contribution in [-0.2, 0) is 34.4 Å². The smallest absolute Gasteiger partial charge is 0.322 e. The van der Waals surface area contributed by atoms with Crippen molar-refractivity contribution in [3.63, 3.8) is 0 Å². The number of hydrogen-bond donors (Lipinski definition) is 4. The van der Waals surface area contributed by atoms with Gasteiger partial charge in [0.1, 0.15) is 5.82 Å². The SMILES string of the molecule is CCCC(C)N1CCC(N(Cc2ccccc2)C(=O)Nc2ccc(S(=O)(=O)Nc3ccc(OC)nn3)cc2)CC1.CCCC(C)N1CCC(N(Cc2ccccc2)C(=O)Nc2cccc(N3CCOCC3)c2)CC1.CCCC(C)N1CCC(N(Cc2ccccc2)C(=O)Nc2ccccc2F)CC1. The molecule has 22 heteroatoms. The fourth-order valence-corrected chi connectivity index (χ4v) is 15.3. The number of carbonyl (C=O) groups is 3. The average Bonchev–Trinajstić information content (AvgIpc) is 0.804. The number of piperidine rings is 3. The van der Waals surface area contributed by atoms with Gasteiger partial charge in [-0.05, 0) is 156 Å². The van der Waals surface area contributed by atoms with E-state index in [0.717, 1.165) is 133 Å². The van der Waals surface area contributed by atoms with Crippen molar-refractivity contribution < 1.29 is 36.7 Å². The topological polar surface area (TPSA) is 200 Å². The lowest BCUT2D eigenvalue weighted by atomic mass is 10.00. The van der Waals surface area contributed by atoms with Crippen LogP contribution in [0.4, 0.5) is 47.3 Å². The van der Waals surface area contributed by atoms with E-state index in [1.54, 1.807) is 30.3 Å². The minimum Gasteiger partial charge on any atom is -0.480 e. The van der Waals surface area contributed by atoms with Crippen LogP contribution in [0, 0.1) is 5.82 Å². The monoisotopic (exact) mass is 1430 g/mol. The van der Waals surface area contributed by atoms with Gasteiger partial charge in [0.05, 0.1) is 30.9 Å². The van der Waals surface area contributed by atoms with E-state index >= 15 is 0 Å². The first kappa shape index (κ1) is 78.5. The molecular weight excluding hydrogens is 1320 g/mol. The van der Waals surface area contributed by atoms with Crippen LogP contribution in [0.5, 0.6) is 5.88 Å². The molecule has 0 spiro atoms. The van der Waals surface area contributed by atoms with E-state index in [1.807, 2.05) is 101 Å². The largest absolute Gasteiger partial charge is 0.480 e. The van der Waals surface area contributed by atoms with Crippen LogP contribution in [0.1, 0.15) is 135 Å². The Morgan fingerprint density at radius 2 is 0.922 bits per heavy atom. The molecule has 0 radical (unpaired) electrons. The number of likely N-dealkylation sites (tertiary alicyclic amines) is 3. The number of halogens is 1. The number of hydrogen-bond acceptors (Lipinski definition) is 13. The zero-order chi connectivity index (χ0) is 72.9. The van der Waals surface area contributed by atoms with Crippen LogP contribution >= 0.6 is 0 Å². The highest BCUT2D eigenvalue weighted by atomic mass is 32.2. The molecule has 6 aromatic carbocycles. The summed E-state index contributed by atoms with van der Waals surface area (Å²) in [4.78, 5) is 56.1. The Bertz CT molecular complexity index is 3770. The van der Waals surface area contributed by atoms with Gasteiger partial charge in [0, 0.05) is 131 Å². The summed E-state index contributed by atoms with van der Waals surface area (Å²) in [7, 11) is -2.44. The quantitative estimate of drug-likeness (QED) is 0.0399. The molecular formula is C81H110FN13O7S. The maximum Gasteiger partial charge on any atom is 0.322 e. The molecule has 3 unspecified atom stereocenters. The number of methoxy groups -OCH3 is 1. The van der Waals surface area contributed by atoms with E-state index in [-0.39, 0.29) is 58.5 Å². The maximum absolute atomic E-state index is 14.1. The molecule has 0 aliphatic carbocycles. The van der Waals surface area contributed by atoms with Gasteiger partial charge in [-0.15, -0.1) is 10.2 Å². The maximum atomic E-state index is 14.1. The second kappa shape index (κ2) is 40.4. The molecule has 554 valence electrons. The zero-order valence-corrected chi connectivity index (χ0v) is 62.4. The van der Waals surface area contributed by atoms with E-state index in [0.29, 0.717) is 43.4 Å². The number of aromatic nitrogens is 2. The van der Waals surface area contributed by atoms with Gasteiger partial charge in [-0.25, -0.2) is 27.2 Å². The van der Waals surface area contributed by atoms with Crippen LogP contribution in [0.2, 0.25) is 0 Å². The van der Waals surface area contributed by atoms with Crippen LogP contribution in [0.3, 0.4) is 0 Å². The van der Waals surface area contributed by atoms with Gasteiger partial charge in [-0.1, -0.05) is 149 Å². The van der Waals surface area contributed by atoms with Crippen LogP contribution in [-0.4, -0.2) is 175 Å². The first-order valence-electron chi connectivity index (χ1n) is 37.3. The molecule has 5 heterocycles. The second-order valence-corrected chi connectivity index (χ2v) is 29.2. The lowest BCUT2D eigenvalue weighted by Crippen LogP contribution is -2.50. The summed E-state index contributed by atoms with van der Waals surface area (Å²) >= 11 is 0. The Hall–Kier alpha value is -8.67. The number of para-hydroxylation sites is 1. The molecule has 0 saturated carbocycles. The molecule has 4 saturated heterocycles.